The van der Waals surface area contributed by atoms with Gasteiger partial charge in [0.2, 0.25) is 11.8 Å². The third-order valence-electron chi connectivity index (χ3n) is 2.60. The molecule has 1 aromatic heterocycles. The molecule has 1 N–H and O–H groups in total. The molecule has 18 heavy (non-hydrogen) atoms. The molecule has 0 atom stereocenters. The Bertz CT molecular complexity index is 525. The highest BCUT2D eigenvalue weighted by Crippen LogP contribution is 2.25. The summed E-state index contributed by atoms with van der Waals surface area (Å²) in [5.41, 5.74) is 1.95. The van der Waals surface area contributed by atoms with Gasteiger partial charge in [-0.2, -0.15) is 0 Å². The zero-order valence-corrected chi connectivity index (χ0v) is 11.3. The van der Waals surface area contributed by atoms with Gasteiger partial charge >= 0.3 is 0 Å². The van der Waals surface area contributed by atoms with Gasteiger partial charge in [-0.25, -0.2) is 0 Å². The summed E-state index contributed by atoms with van der Waals surface area (Å²) in [6, 6.07) is 5.63. The van der Waals surface area contributed by atoms with E-state index in [0.717, 1.165) is 24.1 Å². The van der Waals surface area contributed by atoms with E-state index in [1.54, 1.807) is 0 Å². The topological polar surface area (TPSA) is 51.0 Å². The maximum Gasteiger partial charge on any atom is 0.248 e. The lowest BCUT2D eigenvalue weighted by atomic mass is 10.1. The fourth-order valence-corrected chi connectivity index (χ4v) is 1.80. The van der Waals surface area contributed by atoms with E-state index in [1.165, 1.54) is 0 Å². The summed E-state index contributed by atoms with van der Waals surface area (Å²) in [6.07, 6.45) is 1.08. The van der Waals surface area contributed by atoms with E-state index in [0.29, 0.717) is 23.3 Å². The molecular weight excluding hydrogens is 250 g/mol. The number of hydrogen-bond acceptors (Lipinski definition) is 4. The zero-order chi connectivity index (χ0) is 13.0. The predicted molar refractivity (Wildman–Crippen MR) is 71.5 cm³/mol. The van der Waals surface area contributed by atoms with E-state index in [4.69, 9.17) is 16.0 Å². The Morgan fingerprint density at radius 2 is 2.17 bits per heavy atom. The van der Waals surface area contributed by atoms with Crippen molar-refractivity contribution in [1.29, 1.82) is 0 Å². The van der Waals surface area contributed by atoms with Gasteiger partial charge in [-0.3, -0.25) is 0 Å². The standard InChI is InChI=1S/C13H16ClN3O/c1-3-6-15-8-12-16-17-13(18-12)11-7-10(14)5-4-9(11)2/h4-5,7,15H,3,6,8H2,1-2H3. The van der Waals surface area contributed by atoms with Gasteiger partial charge in [0.05, 0.1) is 6.54 Å². The molecule has 0 saturated heterocycles. The minimum atomic E-state index is 0.517. The van der Waals surface area contributed by atoms with Crippen LogP contribution in [0.4, 0.5) is 0 Å². The van der Waals surface area contributed by atoms with Crippen molar-refractivity contribution in [1.82, 2.24) is 15.5 Å². The second kappa shape index (κ2) is 5.98. The van der Waals surface area contributed by atoms with Gasteiger partial charge in [0.25, 0.3) is 0 Å². The predicted octanol–water partition coefficient (Wildman–Crippen LogP) is 3.20. The van der Waals surface area contributed by atoms with Gasteiger partial charge in [-0.05, 0) is 37.6 Å². The first-order chi connectivity index (χ1) is 8.70. The number of aryl methyl sites for hydroxylation is 1. The monoisotopic (exact) mass is 265 g/mol. The molecule has 5 heteroatoms. The fraction of sp³-hybridized carbons (Fsp3) is 0.385. The number of nitrogens with zero attached hydrogens (tertiary/aromatic N) is 2. The average molecular weight is 266 g/mol. The van der Waals surface area contributed by atoms with E-state index in [1.807, 2.05) is 25.1 Å². The van der Waals surface area contributed by atoms with Gasteiger partial charge in [-0.15, -0.1) is 10.2 Å². The van der Waals surface area contributed by atoms with Crippen molar-refractivity contribution in [3.05, 3.63) is 34.7 Å². The highest BCUT2D eigenvalue weighted by Gasteiger charge is 2.11. The molecule has 0 radical (unpaired) electrons. The lowest BCUT2D eigenvalue weighted by Crippen LogP contribution is -2.13. The van der Waals surface area contributed by atoms with E-state index < -0.39 is 0 Å². The highest BCUT2D eigenvalue weighted by molar-refractivity contribution is 6.30. The third kappa shape index (κ3) is 3.09. The first-order valence-electron chi connectivity index (χ1n) is 6.00. The lowest BCUT2D eigenvalue weighted by molar-refractivity contribution is 0.477. The smallest absolute Gasteiger partial charge is 0.248 e. The first kappa shape index (κ1) is 13.1. The van der Waals surface area contributed by atoms with Crippen LogP contribution in [0.2, 0.25) is 5.02 Å². The molecule has 0 aliphatic rings. The summed E-state index contributed by atoms with van der Waals surface area (Å²) in [5, 5.41) is 12.0. The molecule has 96 valence electrons. The average Bonchev–Trinajstić information content (AvgIpc) is 2.81. The largest absolute Gasteiger partial charge is 0.419 e. The summed E-state index contributed by atoms with van der Waals surface area (Å²) in [6.45, 7) is 5.64. The highest BCUT2D eigenvalue weighted by atomic mass is 35.5. The molecule has 0 aliphatic heterocycles. The van der Waals surface area contributed by atoms with Gasteiger partial charge in [0.1, 0.15) is 0 Å². The van der Waals surface area contributed by atoms with Crippen LogP contribution in [0.25, 0.3) is 11.5 Å². The molecule has 0 amide bonds. The minimum absolute atomic E-state index is 0.517. The second-order valence-electron chi connectivity index (χ2n) is 4.14. The van der Waals surface area contributed by atoms with Crippen LogP contribution in [0.1, 0.15) is 24.8 Å². The lowest BCUT2D eigenvalue weighted by Gasteiger charge is -2.01. The fourth-order valence-electron chi connectivity index (χ4n) is 1.63. The number of aromatic nitrogens is 2. The van der Waals surface area contributed by atoms with Gasteiger partial charge in [0.15, 0.2) is 0 Å². The molecule has 0 aliphatic carbocycles. The zero-order valence-electron chi connectivity index (χ0n) is 10.5. The minimum Gasteiger partial charge on any atom is -0.419 e. The Kier molecular flexibility index (Phi) is 4.33. The number of rotatable bonds is 5. The van der Waals surface area contributed by atoms with Crippen molar-refractivity contribution in [2.75, 3.05) is 6.54 Å². The van der Waals surface area contributed by atoms with E-state index in [2.05, 4.69) is 22.4 Å². The van der Waals surface area contributed by atoms with Crippen molar-refractivity contribution in [3.63, 3.8) is 0 Å². The number of nitrogens with one attached hydrogen (secondary N) is 1. The molecule has 2 aromatic rings. The van der Waals surface area contributed by atoms with Gasteiger partial charge in [0, 0.05) is 10.6 Å². The normalized spacial score (nSPS) is 10.8. The van der Waals surface area contributed by atoms with Crippen LogP contribution in [-0.2, 0) is 6.54 Å². The quantitative estimate of drug-likeness (QED) is 0.844. The van der Waals surface area contributed by atoms with Crippen molar-refractivity contribution in [3.8, 4) is 11.5 Å². The van der Waals surface area contributed by atoms with Gasteiger partial charge in [-0.1, -0.05) is 24.6 Å². The summed E-state index contributed by atoms with van der Waals surface area (Å²) >= 11 is 5.97. The van der Waals surface area contributed by atoms with Crippen molar-refractivity contribution in [2.24, 2.45) is 0 Å². The van der Waals surface area contributed by atoms with E-state index in [9.17, 15) is 0 Å². The van der Waals surface area contributed by atoms with Crippen LogP contribution in [0.3, 0.4) is 0 Å². The van der Waals surface area contributed by atoms with Crippen LogP contribution in [0, 0.1) is 6.92 Å². The van der Waals surface area contributed by atoms with Gasteiger partial charge < -0.3 is 9.73 Å². The Hall–Kier alpha value is -1.39. The summed E-state index contributed by atoms with van der Waals surface area (Å²) in [7, 11) is 0. The molecule has 0 saturated carbocycles. The maximum atomic E-state index is 5.97. The molecule has 1 heterocycles. The Labute approximate surface area is 111 Å². The van der Waals surface area contributed by atoms with Crippen LogP contribution >= 0.6 is 11.6 Å². The molecule has 1 aromatic carbocycles. The van der Waals surface area contributed by atoms with Crippen molar-refractivity contribution in [2.45, 2.75) is 26.8 Å². The summed E-state index contributed by atoms with van der Waals surface area (Å²) in [5.74, 6) is 1.11. The molecule has 0 spiro atoms. The Morgan fingerprint density at radius 1 is 1.33 bits per heavy atom. The molecule has 2 rings (SSSR count). The molecule has 0 bridgehead atoms. The van der Waals surface area contributed by atoms with Crippen LogP contribution in [0.5, 0.6) is 0 Å². The van der Waals surface area contributed by atoms with Crippen LogP contribution in [0.15, 0.2) is 22.6 Å². The number of benzene rings is 1. The number of hydrogen-bond donors (Lipinski definition) is 1. The summed E-state index contributed by atoms with van der Waals surface area (Å²) in [4.78, 5) is 0. The molecular formula is C13H16ClN3O. The third-order valence-corrected chi connectivity index (χ3v) is 2.83. The molecule has 0 unspecified atom stereocenters. The van der Waals surface area contributed by atoms with Crippen LogP contribution in [-0.4, -0.2) is 16.7 Å². The van der Waals surface area contributed by atoms with E-state index >= 15 is 0 Å². The Morgan fingerprint density at radius 3 is 2.94 bits per heavy atom. The van der Waals surface area contributed by atoms with Crippen molar-refractivity contribution >= 4 is 11.6 Å². The Balaban J connectivity index is 2.16. The molecule has 4 nitrogen and oxygen atoms in total. The second-order valence-corrected chi connectivity index (χ2v) is 4.57. The SMILES string of the molecule is CCCNCc1nnc(-c2cc(Cl)ccc2C)o1. The van der Waals surface area contributed by atoms with E-state index in [-0.39, 0.29) is 0 Å². The van der Waals surface area contributed by atoms with Crippen molar-refractivity contribution < 1.29 is 4.42 Å². The summed E-state index contributed by atoms with van der Waals surface area (Å²) < 4.78 is 5.61. The first-order valence-corrected chi connectivity index (χ1v) is 6.38. The maximum absolute atomic E-state index is 5.97. The number of halogens is 1. The van der Waals surface area contributed by atoms with Crippen LogP contribution < -0.4 is 5.32 Å². The molecule has 0 fully saturated rings.